The number of amides is 1. The minimum absolute atomic E-state index is 0.208. The van der Waals surface area contributed by atoms with E-state index in [1.165, 1.54) is 11.0 Å². The van der Waals surface area contributed by atoms with Crippen molar-refractivity contribution in [3.05, 3.63) is 42.2 Å². The average Bonchev–Trinajstić information content (AvgIpc) is 2.96. The Morgan fingerprint density at radius 3 is 2.64 bits per heavy atom. The van der Waals surface area contributed by atoms with Crippen molar-refractivity contribution >= 4 is 15.9 Å². The Morgan fingerprint density at radius 1 is 1.23 bits per heavy atom. The van der Waals surface area contributed by atoms with Crippen LogP contribution >= 0.6 is 0 Å². The number of nitrogens with zero attached hydrogens (tertiary/aromatic N) is 3. The lowest BCUT2D eigenvalue weighted by Gasteiger charge is -2.03. The van der Waals surface area contributed by atoms with Gasteiger partial charge in [0, 0.05) is 13.1 Å². The second-order valence-electron chi connectivity index (χ2n) is 4.63. The standard InChI is InChI=1S/C13H17N5O3S/c1-22(20,21)16-9-5-8-14-13(19)12-10-15-18(17-12)11-6-3-2-4-7-11/h2-4,6-7,10,16H,5,8-9H2,1H3,(H,14,19). The van der Waals surface area contributed by atoms with E-state index in [-0.39, 0.29) is 18.1 Å². The van der Waals surface area contributed by atoms with Gasteiger partial charge in [0.1, 0.15) is 0 Å². The number of benzene rings is 1. The second-order valence-corrected chi connectivity index (χ2v) is 6.46. The van der Waals surface area contributed by atoms with E-state index in [0.717, 1.165) is 11.9 Å². The monoisotopic (exact) mass is 323 g/mol. The zero-order valence-corrected chi connectivity index (χ0v) is 12.9. The third-order valence-electron chi connectivity index (χ3n) is 2.71. The largest absolute Gasteiger partial charge is 0.351 e. The van der Waals surface area contributed by atoms with Crippen LogP contribution in [0.3, 0.4) is 0 Å². The summed E-state index contributed by atoms with van der Waals surface area (Å²) < 4.78 is 24.1. The number of sulfonamides is 1. The molecule has 22 heavy (non-hydrogen) atoms. The summed E-state index contributed by atoms with van der Waals surface area (Å²) >= 11 is 0. The van der Waals surface area contributed by atoms with Gasteiger partial charge in [0.05, 0.1) is 18.1 Å². The van der Waals surface area contributed by atoms with Gasteiger partial charge in [0.25, 0.3) is 5.91 Å². The van der Waals surface area contributed by atoms with E-state index >= 15 is 0 Å². The SMILES string of the molecule is CS(=O)(=O)NCCCNC(=O)c1cnn(-c2ccccc2)n1. The van der Waals surface area contributed by atoms with Gasteiger partial charge in [0.2, 0.25) is 10.0 Å². The maximum absolute atomic E-state index is 11.9. The number of carbonyl (C=O) groups is 1. The Balaban J connectivity index is 1.82. The summed E-state index contributed by atoms with van der Waals surface area (Å²) in [6.45, 7) is 0.620. The lowest BCUT2D eigenvalue weighted by Crippen LogP contribution is -2.29. The molecule has 118 valence electrons. The van der Waals surface area contributed by atoms with Crippen LogP contribution in [-0.2, 0) is 10.0 Å². The number of rotatable bonds is 7. The van der Waals surface area contributed by atoms with Crippen molar-refractivity contribution in [3.63, 3.8) is 0 Å². The maximum atomic E-state index is 11.9. The molecule has 0 unspecified atom stereocenters. The molecule has 1 heterocycles. The highest BCUT2D eigenvalue weighted by molar-refractivity contribution is 7.88. The molecule has 9 heteroatoms. The zero-order chi connectivity index (χ0) is 16.0. The van der Waals surface area contributed by atoms with E-state index in [0.29, 0.717) is 13.0 Å². The van der Waals surface area contributed by atoms with Crippen LogP contribution in [0, 0.1) is 0 Å². The van der Waals surface area contributed by atoms with Crippen LogP contribution in [0.4, 0.5) is 0 Å². The van der Waals surface area contributed by atoms with Crippen molar-refractivity contribution in [3.8, 4) is 5.69 Å². The summed E-state index contributed by atoms with van der Waals surface area (Å²) in [7, 11) is -3.19. The molecule has 0 aliphatic carbocycles. The number of hydrogen-bond acceptors (Lipinski definition) is 5. The molecule has 0 bridgehead atoms. The number of hydrogen-bond donors (Lipinski definition) is 2. The van der Waals surface area contributed by atoms with Crippen LogP contribution in [0.2, 0.25) is 0 Å². The molecule has 0 radical (unpaired) electrons. The normalized spacial score (nSPS) is 11.3. The van der Waals surface area contributed by atoms with Crippen LogP contribution in [-0.4, -0.2) is 48.7 Å². The first-order valence-electron chi connectivity index (χ1n) is 6.66. The van der Waals surface area contributed by atoms with Gasteiger partial charge in [-0.15, -0.1) is 5.10 Å². The van der Waals surface area contributed by atoms with Crippen LogP contribution in [0.5, 0.6) is 0 Å². The first-order chi connectivity index (χ1) is 10.5. The molecule has 2 N–H and O–H groups in total. The van der Waals surface area contributed by atoms with E-state index in [4.69, 9.17) is 0 Å². The molecule has 0 spiro atoms. The van der Waals surface area contributed by atoms with E-state index in [1.807, 2.05) is 30.3 Å². The molecule has 8 nitrogen and oxygen atoms in total. The Hall–Kier alpha value is -2.26. The van der Waals surface area contributed by atoms with Gasteiger partial charge < -0.3 is 5.32 Å². The van der Waals surface area contributed by atoms with Crippen molar-refractivity contribution in [2.75, 3.05) is 19.3 Å². The maximum Gasteiger partial charge on any atom is 0.273 e. The van der Waals surface area contributed by atoms with Gasteiger partial charge in [-0.2, -0.15) is 9.90 Å². The predicted molar refractivity (Wildman–Crippen MR) is 81.2 cm³/mol. The molecule has 2 rings (SSSR count). The van der Waals surface area contributed by atoms with E-state index in [1.54, 1.807) is 0 Å². The summed E-state index contributed by atoms with van der Waals surface area (Å²) in [5, 5.41) is 10.8. The topological polar surface area (TPSA) is 106 Å². The molecule has 0 aliphatic rings. The van der Waals surface area contributed by atoms with Crippen LogP contribution in [0.15, 0.2) is 36.5 Å². The highest BCUT2D eigenvalue weighted by Crippen LogP contribution is 2.04. The van der Waals surface area contributed by atoms with Gasteiger partial charge in [-0.25, -0.2) is 13.1 Å². The van der Waals surface area contributed by atoms with E-state index in [9.17, 15) is 13.2 Å². The highest BCUT2D eigenvalue weighted by atomic mass is 32.2. The Labute approximate surface area is 128 Å². The Bertz CT molecular complexity index is 727. The fourth-order valence-electron chi connectivity index (χ4n) is 1.69. The zero-order valence-electron chi connectivity index (χ0n) is 12.1. The molecule has 0 atom stereocenters. The quantitative estimate of drug-likeness (QED) is 0.694. The van der Waals surface area contributed by atoms with Crippen molar-refractivity contribution < 1.29 is 13.2 Å². The Morgan fingerprint density at radius 2 is 1.95 bits per heavy atom. The summed E-state index contributed by atoms with van der Waals surface area (Å²) in [5.41, 5.74) is 0.971. The molecule has 1 aromatic heterocycles. The summed E-state index contributed by atoms with van der Waals surface area (Å²) in [6.07, 6.45) is 2.97. The molecule has 2 aromatic rings. The van der Waals surface area contributed by atoms with E-state index in [2.05, 4.69) is 20.2 Å². The Kier molecular flexibility index (Phi) is 5.23. The summed E-state index contributed by atoms with van der Waals surface area (Å²) in [5.74, 6) is -0.346. The van der Waals surface area contributed by atoms with Gasteiger partial charge >= 0.3 is 0 Å². The summed E-state index contributed by atoms with van der Waals surface area (Å²) in [6, 6.07) is 9.25. The molecular formula is C13H17N5O3S. The average molecular weight is 323 g/mol. The molecule has 0 saturated heterocycles. The number of nitrogens with one attached hydrogen (secondary N) is 2. The van der Waals surface area contributed by atoms with Crippen LogP contribution < -0.4 is 10.0 Å². The number of carbonyl (C=O) groups excluding carboxylic acids is 1. The fraction of sp³-hybridized carbons (Fsp3) is 0.308. The molecule has 1 aromatic carbocycles. The molecular weight excluding hydrogens is 306 g/mol. The van der Waals surface area contributed by atoms with Gasteiger partial charge in [-0.3, -0.25) is 4.79 Å². The smallest absolute Gasteiger partial charge is 0.273 e. The minimum atomic E-state index is -3.19. The van der Waals surface area contributed by atoms with Crippen molar-refractivity contribution in [1.82, 2.24) is 25.0 Å². The minimum Gasteiger partial charge on any atom is -0.351 e. The van der Waals surface area contributed by atoms with Crippen LogP contribution in [0.1, 0.15) is 16.9 Å². The van der Waals surface area contributed by atoms with Crippen molar-refractivity contribution in [2.45, 2.75) is 6.42 Å². The lowest BCUT2D eigenvalue weighted by atomic mass is 10.3. The highest BCUT2D eigenvalue weighted by Gasteiger charge is 2.10. The van der Waals surface area contributed by atoms with Crippen LogP contribution in [0.25, 0.3) is 5.69 Å². The molecule has 0 aliphatic heterocycles. The fourth-order valence-corrected chi connectivity index (χ4v) is 2.21. The number of para-hydroxylation sites is 1. The van der Waals surface area contributed by atoms with Crippen molar-refractivity contribution in [1.29, 1.82) is 0 Å². The van der Waals surface area contributed by atoms with Gasteiger partial charge in [0.15, 0.2) is 5.69 Å². The lowest BCUT2D eigenvalue weighted by molar-refractivity contribution is 0.0948. The first kappa shape index (κ1) is 16.1. The predicted octanol–water partition coefficient (Wildman–Crippen LogP) is -0.0636. The van der Waals surface area contributed by atoms with Crippen molar-refractivity contribution in [2.24, 2.45) is 0 Å². The molecule has 1 amide bonds. The summed E-state index contributed by atoms with van der Waals surface area (Å²) in [4.78, 5) is 13.3. The third kappa shape index (κ3) is 4.93. The van der Waals surface area contributed by atoms with Gasteiger partial charge in [-0.1, -0.05) is 18.2 Å². The molecule has 0 fully saturated rings. The van der Waals surface area contributed by atoms with E-state index < -0.39 is 10.0 Å². The second kappa shape index (κ2) is 7.14. The third-order valence-corrected chi connectivity index (χ3v) is 3.44. The first-order valence-corrected chi connectivity index (χ1v) is 8.55. The molecule has 0 saturated carbocycles. The number of aromatic nitrogens is 3. The van der Waals surface area contributed by atoms with Gasteiger partial charge in [-0.05, 0) is 18.6 Å².